The predicted octanol–water partition coefficient (Wildman–Crippen LogP) is 18.4. The Morgan fingerprint density at radius 1 is 0.343 bits per heavy atom. The molecule has 13 rings (SSSR count). The Bertz CT molecular complexity index is 4030. The molecule has 0 atom stereocenters. The Balaban J connectivity index is 1.11. The Morgan fingerprint density at radius 2 is 0.843 bits per heavy atom. The molecule has 338 valence electrons. The number of hydrogen-bond acceptors (Lipinski definition) is 1. The van der Waals surface area contributed by atoms with Crippen LogP contribution in [0.5, 0.6) is 0 Å². The van der Waals surface area contributed by atoms with Gasteiger partial charge < -0.3 is 19.0 Å². The van der Waals surface area contributed by atoms with Gasteiger partial charge in [0.05, 0.1) is 27.6 Å². The molecule has 0 aliphatic heterocycles. The molecule has 0 aliphatic rings. The Hall–Kier alpha value is -8.34. The molecular formula is C66H54N4. The minimum atomic E-state index is -0.0870. The zero-order chi connectivity index (χ0) is 47.5. The maximum atomic E-state index is 3.97. The van der Waals surface area contributed by atoms with E-state index in [0.717, 1.165) is 39.5 Å². The lowest BCUT2D eigenvalue weighted by Crippen LogP contribution is -2.12. The maximum absolute atomic E-state index is 3.97. The van der Waals surface area contributed by atoms with Crippen LogP contribution in [0.25, 0.3) is 98.7 Å². The lowest BCUT2D eigenvalue weighted by molar-refractivity contribution is 0.590. The van der Waals surface area contributed by atoms with Crippen molar-refractivity contribution in [3.8, 4) is 22.5 Å². The highest BCUT2D eigenvalue weighted by Gasteiger charge is 2.25. The molecular weight excluding hydrogens is 849 g/mol. The van der Waals surface area contributed by atoms with Gasteiger partial charge in [-0.1, -0.05) is 145 Å². The molecule has 0 amide bonds. The van der Waals surface area contributed by atoms with Crippen molar-refractivity contribution < 1.29 is 0 Å². The normalized spacial score (nSPS) is 12.4. The summed E-state index contributed by atoms with van der Waals surface area (Å²) >= 11 is 0. The van der Waals surface area contributed by atoms with Gasteiger partial charge in [-0.3, -0.25) is 0 Å². The fraction of sp³-hybridized carbons (Fsp3) is 0.121. The van der Waals surface area contributed by atoms with Gasteiger partial charge in [0.1, 0.15) is 0 Å². The van der Waals surface area contributed by atoms with Gasteiger partial charge in [0.25, 0.3) is 0 Å². The Labute approximate surface area is 408 Å². The highest BCUT2D eigenvalue weighted by atomic mass is 15.1. The largest absolute Gasteiger partial charge is 0.354 e. The summed E-state index contributed by atoms with van der Waals surface area (Å²) in [5.74, 6) is 0. The number of nitrogens with zero attached hydrogens (tertiary/aromatic N) is 3. The van der Waals surface area contributed by atoms with Gasteiger partial charge in [-0.25, -0.2) is 0 Å². The van der Waals surface area contributed by atoms with Gasteiger partial charge in [0.2, 0.25) is 0 Å². The molecule has 3 heterocycles. The van der Waals surface area contributed by atoms with Crippen molar-refractivity contribution >= 4 is 93.3 Å². The average molecular weight is 903 g/mol. The number of H-pyrrole nitrogens is 1. The van der Waals surface area contributed by atoms with Crippen LogP contribution in [0, 0.1) is 0 Å². The molecule has 13 aromatic rings. The van der Waals surface area contributed by atoms with E-state index in [-0.39, 0.29) is 10.8 Å². The summed E-state index contributed by atoms with van der Waals surface area (Å²) in [6, 6.07) is 78.8. The lowest BCUT2D eigenvalue weighted by atomic mass is 9.83. The summed E-state index contributed by atoms with van der Waals surface area (Å²) in [6.07, 6.45) is 0. The van der Waals surface area contributed by atoms with E-state index in [0.29, 0.717) is 0 Å². The number of hydrogen-bond donors (Lipinski definition) is 1. The fourth-order valence-electron chi connectivity index (χ4n) is 11.1. The molecule has 0 bridgehead atoms. The lowest BCUT2D eigenvalue weighted by Gasteiger charge is -2.28. The minimum absolute atomic E-state index is 0.0230. The van der Waals surface area contributed by atoms with Crippen LogP contribution >= 0.6 is 0 Å². The molecule has 3 aromatic heterocycles. The number of aromatic nitrogens is 3. The first-order valence-electron chi connectivity index (χ1n) is 24.6. The third-order valence-corrected chi connectivity index (χ3v) is 14.7. The van der Waals surface area contributed by atoms with Crippen molar-refractivity contribution in [2.75, 3.05) is 4.90 Å². The highest BCUT2D eigenvalue weighted by Crippen LogP contribution is 2.47. The first kappa shape index (κ1) is 41.8. The zero-order valence-electron chi connectivity index (χ0n) is 40.5. The van der Waals surface area contributed by atoms with Crippen LogP contribution in [-0.2, 0) is 10.8 Å². The summed E-state index contributed by atoms with van der Waals surface area (Å²) in [7, 11) is 0. The van der Waals surface area contributed by atoms with Crippen LogP contribution in [0.3, 0.4) is 0 Å². The van der Waals surface area contributed by atoms with Crippen molar-refractivity contribution in [3.63, 3.8) is 0 Å². The van der Waals surface area contributed by atoms with Gasteiger partial charge in [-0.2, -0.15) is 0 Å². The van der Waals surface area contributed by atoms with Crippen LogP contribution in [0.1, 0.15) is 52.7 Å². The van der Waals surface area contributed by atoms with Gasteiger partial charge in [0, 0.05) is 71.8 Å². The molecule has 4 heteroatoms. The van der Waals surface area contributed by atoms with Gasteiger partial charge in [0.15, 0.2) is 0 Å². The standard InChI is InChI=1S/C66H54N4/c1-65(2,3)43-29-32-59-54(36-43)58-38-44(66(4,5)6)37-57(64(58)67-59)53-41-49(35-42-19-13-14-24-50(42)53)68(47-30-33-62-55(39-47)51-25-15-17-27-60(51)69(62)45-20-9-7-10-21-45)48-31-34-63-56(40-48)52-26-16-18-28-61(52)70(63)46-22-11-8-12-23-46/h7-41,67H,1-6H3. The van der Waals surface area contributed by atoms with Crippen LogP contribution in [0.15, 0.2) is 212 Å². The van der Waals surface area contributed by atoms with E-state index >= 15 is 0 Å². The molecule has 1 N–H and O–H groups in total. The Kier molecular flexibility index (Phi) is 9.32. The third-order valence-electron chi connectivity index (χ3n) is 14.7. The number of para-hydroxylation sites is 4. The number of rotatable bonds is 6. The molecule has 0 unspecified atom stereocenters. The van der Waals surface area contributed by atoms with Gasteiger partial charge in [-0.15, -0.1) is 0 Å². The first-order chi connectivity index (χ1) is 34.0. The second-order valence-corrected chi connectivity index (χ2v) is 21.2. The second-order valence-electron chi connectivity index (χ2n) is 21.2. The smallest absolute Gasteiger partial charge is 0.0544 e. The number of fused-ring (bicyclic) bond motifs is 10. The quantitative estimate of drug-likeness (QED) is 0.177. The summed E-state index contributed by atoms with van der Waals surface area (Å²) in [6.45, 7) is 13.9. The minimum Gasteiger partial charge on any atom is -0.354 e. The van der Waals surface area contributed by atoms with Crippen LogP contribution in [0.4, 0.5) is 17.1 Å². The molecule has 4 nitrogen and oxygen atoms in total. The van der Waals surface area contributed by atoms with Crippen LogP contribution < -0.4 is 4.90 Å². The van der Waals surface area contributed by atoms with E-state index in [1.807, 2.05) is 0 Å². The van der Waals surface area contributed by atoms with Gasteiger partial charge >= 0.3 is 0 Å². The zero-order valence-corrected chi connectivity index (χ0v) is 40.5. The third kappa shape index (κ3) is 6.65. The summed E-state index contributed by atoms with van der Waals surface area (Å²) in [4.78, 5) is 6.46. The first-order valence-corrected chi connectivity index (χ1v) is 24.6. The summed E-state index contributed by atoms with van der Waals surface area (Å²) in [5.41, 5.74) is 17.6. The molecule has 0 saturated heterocycles. The highest BCUT2D eigenvalue weighted by molar-refractivity contribution is 6.16. The predicted molar refractivity (Wildman–Crippen MR) is 300 cm³/mol. The monoisotopic (exact) mass is 902 g/mol. The number of aromatic amines is 1. The van der Waals surface area contributed by atoms with E-state index in [1.54, 1.807) is 0 Å². The molecule has 0 saturated carbocycles. The molecule has 0 aliphatic carbocycles. The molecule has 70 heavy (non-hydrogen) atoms. The van der Waals surface area contributed by atoms with Crippen molar-refractivity contribution in [2.24, 2.45) is 0 Å². The van der Waals surface area contributed by atoms with Crippen molar-refractivity contribution in [1.82, 2.24) is 14.1 Å². The van der Waals surface area contributed by atoms with Crippen molar-refractivity contribution in [2.45, 2.75) is 52.4 Å². The molecule has 10 aromatic carbocycles. The number of benzene rings is 10. The summed E-state index contributed by atoms with van der Waals surface area (Å²) < 4.78 is 4.80. The number of anilines is 3. The van der Waals surface area contributed by atoms with E-state index in [9.17, 15) is 0 Å². The molecule has 0 fully saturated rings. The van der Waals surface area contributed by atoms with E-state index in [4.69, 9.17) is 0 Å². The SMILES string of the molecule is CC(C)(C)c1ccc2[nH]c3c(-c4cc(N(c5ccc6c(c5)c5ccccc5n6-c5ccccc5)c5ccc6c(c5)c5ccccc5n6-c5ccccc5)cc5ccccc45)cc(C(C)(C)C)cc3c2c1. The maximum Gasteiger partial charge on any atom is 0.0544 e. The average Bonchev–Trinajstić information content (AvgIpc) is 4.03. The van der Waals surface area contributed by atoms with E-state index < -0.39 is 0 Å². The van der Waals surface area contributed by atoms with Crippen molar-refractivity contribution in [1.29, 1.82) is 0 Å². The summed E-state index contributed by atoms with van der Waals surface area (Å²) in [5, 5.41) is 9.78. The van der Waals surface area contributed by atoms with Crippen LogP contribution in [0.2, 0.25) is 0 Å². The Morgan fingerprint density at radius 3 is 1.41 bits per heavy atom. The fourth-order valence-corrected chi connectivity index (χ4v) is 11.1. The number of nitrogens with one attached hydrogen (secondary N) is 1. The second kappa shape index (κ2) is 15.6. The topological polar surface area (TPSA) is 28.9 Å². The van der Waals surface area contributed by atoms with Crippen LogP contribution in [-0.4, -0.2) is 14.1 Å². The molecule has 0 radical (unpaired) electrons. The molecule has 0 spiro atoms. The van der Waals surface area contributed by atoms with Crippen molar-refractivity contribution in [3.05, 3.63) is 223 Å². The van der Waals surface area contributed by atoms with E-state index in [2.05, 4.69) is 273 Å². The van der Waals surface area contributed by atoms with E-state index in [1.165, 1.54) is 87.4 Å². The van der Waals surface area contributed by atoms with Gasteiger partial charge in [-0.05, 0) is 147 Å².